The number of hydrogen-bond acceptors (Lipinski definition) is 8. The van der Waals surface area contributed by atoms with Gasteiger partial charge in [0.2, 0.25) is 23.6 Å². The van der Waals surface area contributed by atoms with Crippen LogP contribution < -0.4 is 30.3 Å². The number of nitrogens with one attached hydrogen (secondary N) is 1. The molecule has 8 rings (SSSR count). The Hall–Kier alpha value is -6.08. The molecule has 1 aromatic heterocycles. The summed E-state index contributed by atoms with van der Waals surface area (Å²) in [6.07, 6.45) is 3.54. The van der Waals surface area contributed by atoms with Crippen molar-refractivity contribution < 1.29 is 28.7 Å². The van der Waals surface area contributed by atoms with Gasteiger partial charge in [-0.2, -0.15) is 0 Å². The number of rotatable bonds is 11. The smallest absolute Gasteiger partial charge is 0.329 e. The molecule has 14 heteroatoms. The van der Waals surface area contributed by atoms with Crippen LogP contribution in [-0.2, 0) is 45.6 Å². The van der Waals surface area contributed by atoms with Crippen LogP contribution in [0.15, 0.2) is 89.7 Å². The van der Waals surface area contributed by atoms with Gasteiger partial charge in [0.05, 0.1) is 37.2 Å². The third-order valence-corrected chi connectivity index (χ3v) is 12.2. The van der Waals surface area contributed by atoms with E-state index in [0.717, 1.165) is 52.5 Å². The van der Waals surface area contributed by atoms with Crippen molar-refractivity contribution in [3.05, 3.63) is 117 Å². The van der Waals surface area contributed by atoms with Crippen LogP contribution in [0.3, 0.4) is 0 Å². The number of amides is 4. The molecule has 3 aliphatic rings. The minimum atomic E-state index is -0.730. The highest BCUT2D eigenvalue weighted by Crippen LogP contribution is 2.36. The fourth-order valence-electron chi connectivity index (χ4n) is 8.58. The Labute approximate surface area is 367 Å². The number of imidazole rings is 1. The molecule has 0 spiro atoms. The molecule has 0 bridgehead atoms. The molecule has 0 saturated carbocycles. The van der Waals surface area contributed by atoms with E-state index < -0.39 is 11.9 Å². The molecule has 2 saturated heterocycles. The number of benzene rings is 4. The third kappa shape index (κ3) is 9.99. The highest BCUT2D eigenvalue weighted by molar-refractivity contribution is 6.30. The summed E-state index contributed by atoms with van der Waals surface area (Å²) in [5, 5.41) is 3.13. The molecule has 0 radical (unpaired) electrons. The lowest BCUT2D eigenvalue weighted by Gasteiger charge is -2.35. The topological polar surface area (TPSA) is 135 Å². The predicted molar refractivity (Wildman–Crippen MR) is 241 cm³/mol. The van der Waals surface area contributed by atoms with E-state index >= 15 is 0 Å². The van der Waals surface area contributed by atoms with Crippen LogP contribution in [0.4, 0.5) is 11.4 Å². The van der Waals surface area contributed by atoms with Gasteiger partial charge >= 0.3 is 5.69 Å². The van der Waals surface area contributed by atoms with Crippen LogP contribution in [0.1, 0.15) is 68.7 Å². The molecule has 4 amide bonds. The Morgan fingerprint density at radius 3 is 2.24 bits per heavy atom. The molecule has 1 N–H and O–H groups in total. The van der Waals surface area contributed by atoms with Crippen molar-refractivity contribution in [1.82, 2.24) is 19.4 Å². The van der Waals surface area contributed by atoms with Crippen molar-refractivity contribution in [2.75, 3.05) is 43.6 Å². The fourth-order valence-corrected chi connectivity index (χ4v) is 8.72. The van der Waals surface area contributed by atoms with Crippen molar-refractivity contribution in [1.29, 1.82) is 0 Å². The second-order valence-electron chi connectivity index (χ2n) is 16.6. The number of aryl methyl sites for hydroxylation is 2. The Kier molecular flexibility index (Phi) is 13.7. The zero-order chi connectivity index (χ0) is 44.1. The number of hydrogen-bond donors (Lipinski definition) is 1. The first-order valence-electron chi connectivity index (χ1n) is 21.3. The summed E-state index contributed by atoms with van der Waals surface area (Å²) in [6.45, 7) is 6.72. The summed E-state index contributed by atoms with van der Waals surface area (Å²) in [6, 6.07) is 26.4. The van der Waals surface area contributed by atoms with Gasteiger partial charge in [0.1, 0.15) is 6.04 Å². The van der Waals surface area contributed by atoms with Gasteiger partial charge in [-0.05, 0) is 123 Å². The number of ether oxygens (including phenoxy) is 2. The number of nitrogens with zero attached hydrogens (tertiary/aromatic N) is 5. The standard InChI is InChI=1S/C42H50N6O7.C6H5Cl/c1-26(2)55-37-22-30-25-47(40(51)23-29(30)21-36(37)54-5)32-10-8-31(9-11-32)44(3)24-28-16-18-46(19-17-28)39(50)15-7-27-6-12-33-35(20-27)45(4)42(53)48(33)34-13-14-38(49)43-41(34)52;7-6-4-2-1-3-5-6/h6,8-12,20-22,26,28,34H,7,13-19,23-25H2,1-5H3,(H,43,49,52);1-5H. The van der Waals surface area contributed by atoms with Crippen molar-refractivity contribution in [3.63, 3.8) is 0 Å². The molecular weight excluding hydrogens is 808 g/mol. The predicted octanol–water partition coefficient (Wildman–Crippen LogP) is 6.85. The number of aromatic nitrogens is 2. The largest absolute Gasteiger partial charge is 0.493 e. The van der Waals surface area contributed by atoms with Gasteiger partial charge in [-0.15, -0.1) is 0 Å². The van der Waals surface area contributed by atoms with E-state index in [1.54, 1.807) is 14.2 Å². The maximum atomic E-state index is 13.3. The number of methoxy groups -OCH3 is 1. The lowest BCUT2D eigenvalue weighted by molar-refractivity contribution is -0.136. The number of carbonyl (C=O) groups is 4. The monoisotopic (exact) mass is 862 g/mol. The summed E-state index contributed by atoms with van der Waals surface area (Å²) in [5.74, 6) is 1.16. The second-order valence-corrected chi connectivity index (χ2v) is 17.0. The van der Waals surface area contributed by atoms with E-state index in [-0.39, 0.29) is 42.4 Å². The lowest BCUT2D eigenvalue weighted by atomic mass is 9.95. The van der Waals surface area contributed by atoms with Crippen LogP contribution in [0.5, 0.6) is 11.5 Å². The van der Waals surface area contributed by atoms with Gasteiger partial charge in [-0.25, -0.2) is 4.79 Å². The number of halogens is 1. The van der Waals surface area contributed by atoms with Crippen molar-refractivity contribution >= 4 is 57.6 Å². The molecule has 0 aliphatic carbocycles. The molecule has 4 heterocycles. The van der Waals surface area contributed by atoms with Gasteiger partial charge in [0, 0.05) is 63.0 Å². The van der Waals surface area contributed by atoms with Gasteiger partial charge < -0.3 is 24.2 Å². The van der Waals surface area contributed by atoms with Crippen molar-refractivity contribution in [3.8, 4) is 11.5 Å². The van der Waals surface area contributed by atoms with Crippen LogP contribution in [0.2, 0.25) is 5.02 Å². The number of anilines is 2. The van der Waals surface area contributed by atoms with Crippen molar-refractivity contribution in [2.45, 2.75) is 77.5 Å². The SMILES string of the molecule is COc1cc2c(cc1OC(C)C)CN(c1ccc(N(C)CC3CCN(C(=O)CCc4ccc5c(c4)n(C)c(=O)n5C4CCC(=O)NC4=O)CC3)cc1)C(=O)C2.Clc1ccccc1. The fraction of sp³-hybridized carbons (Fsp3) is 0.396. The number of carbonyl (C=O) groups excluding carboxylic acids is 4. The molecular formula is C48H55ClN6O7. The quantitative estimate of drug-likeness (QED) is 0.143. The Balaban J connectivity index is 0.000000752. The molecule has 2 fully saturated rings. The minimum Gasteiger partial charge on any atom is -0.493 e. The van der Waals surface area contributed by atoms with Gasteiger partial charge in [-0.1, -0.05) is 35.9 Å². The molecule has 1 atom stereocenters. The first-order chi connectivity index (χ1) is 29.8. The van der Waals surface area contributed by atoms with Gasteiger partial charge in [-0.3, -0.25) is 33.6 Å². The number of imide groups is 1. The Bertz CT molecular complexity index is 2490. The third-order valence-electron chi connectivity index (χ3n) is 12.0. The summed E-state index contributed by atoms with van der Waals surface area (Å²) >= 11 is 5.54. The number of fused-ring (bicyclic) bond motifs is 2. The van der Waals surface area contributed by atoms with Crippen LogP contribution in [0, 0.1) is 5.92 Å². The highest BCUT2D eigenvalue weighted by atomic mass is 35.5. The average molecular weight is 863 g/mol. The highest BCUT2D eigenvalue weighted by Gasteiger charge is 2.32. The van der Waals surface area contributed by atoms with Crippen LogP contribution in [0.25, 0.3) is 11.0 Å². The average Bonchev–Trinajstić information content (AvgIpc) is 3.50. The van der Waals surface area contributed by atoms with Gasteiger partial charge in [0.15, 0.2) is 11.5 Å². The lowest BCUT2D eigenvalue weighted by Crippen LogP contribution is -2.44. The molecule has 13 nitrogen and oxygen atoms in total. The van der Waals surface area contributed by atoms with Crippen LogP contribution >= 0.6 is 11.6 Å². The summed E-state index contributed by atoms with van der Waals surface area (Å²) in [7, 11) is 5.37. The molecule has 1 unspecified atom stereocenters. The molecule has 5 aromatic rings. The second kappa shape index (κ2) is 19.3. The summed E-state index contributed by atoms with van der Waals surface area (Å²) in [4.78, 5) is 69.8. The normalized spacial score (nSPS) is 16.8. The molecule has 326 valence electrons. The van der Waals surface area contributed by atoms with Crippen molar-refractivity contribution in [2.24, 2.45) is 13.0 Å². The number of piperidine rings is 2. The first kappa shape index (κ1) is 44.0. The summed E-state index contributed by atoms with van der Waals surface area (Å²) in [5.41, 5.74) is 5.91. The maximum Gasteiger partial charge on any atom is 0.329 e. The first-order valence-corrected chi connectivity index (χ1v) is 21.7. The van der Waals surface area contributed by atoms with Gasteiger partial charge in [0.25, 0.3) is 0 Å². The Morgan fingerprint density at radius 2 is 1.60 bits per heavy atom. The molecule has 62 heavy (non-hydrogen) atoms. The van der Waals surface area contributed by atoms with E-state index in [4.69, 9.17) is 21.1 Å². The maximum absolute atomic E-state index is 13.3. The van der Waals surface area contributed by atoms with E-state index in [0.29, 0.717) is 67.3 Å². The van der Waals surface area contributed by atoms with E-state index in [1.165, 1.54) is 9.13 Å². The number of likely N-dealkylation sites (tertiary alicyclic amines) is 1. The van der Waals surface area contributed by atoms with Crippen LogP contribution in [-0.4, -0.2) is 77.6 Å². The van der Waals surface area contributed by atoms with E-state index in [2.05, 4.69) is 29.4 Å². The molecule has 4 aromatic carbocycles. The minimum absolute atomic E-state index is 0.00304. The zero-order valence-corrected chi connectivity index (χ0v) is 36.8. The zero-order valence-electron chi connectivity index (χ0n) is 36.1. The summed E-state index contributed by atoms with van der Waals surface area (Å²) < 4.78 is 14.5. The van der Waals surface area contributed by atoms with E-state index in [1.807, 2.05) is 96.4 Å². The van der Waals surface area contributed by atoms with E-state index in [9.17, 15) is 24.0 Å². The Morgan fingerprint density at radius 1 is 0.887 bits per heavy atom. The molecule has 3 aliphatic heterocycles.